The molecule has 2 rings (SSSR count). The number of carboxylic acid groups (broad SMARTS) is 1. The Morgan fingerprint density at radius 1 is 1.43 bits per heavy atom. The highest BCUT2D eigenvalue weighted by Crippen LogP contribution is 2.10. The fraction of sp³-hybridized carbons (Fsp3) is 0.143. The number of nitrogens with zero attached hydrogens (tertiary/aromatic N) is 2. The molecule has 0 unspecified atom stereocenters. The molecule has 0 aromatic carbocycles. The third kappa shape index (κ3) is 4.00. The number of pyridine rings is 1. The summed E-state index contributed by atoms with van der Waals surface area (Å²) < 4.78 is 5.25. The molecule has 1 amide bonds. The van der Waals surface area contributed by atoms with Crippen LogP contribution >= 0.6 is 0 Å². The smallest absolute Gasteiger partial charge is 0.328 e. The summed E-state index contributed by atoms with van der Waals surface area (Å²) >= 11 is 0. The van der Waals surface area contributed by atoms with Crippen LogP contribution in [-0.4, -0.2) is 27.0 Å². The molecule has 0 aliphatic carbocycles. The molecule has 0 fully saturated rings. The molecule has 7 heteroatoms. The maximum absolute atomic E-state index is 12.1. The average molecular weight is 287 g/mol. The van der Waals surface area contributed by atoms with Gasteiger partial charge >= 0.3 is 5.97 Å². The maximum Gasteiger partial charge on any atom is 0.328 e. The van der Waals surface area contributed by atoms with Crippen LogP contribution in [0.5, 0.6) is 0 Å². The predicted molar refractivity (Wildman–Crippen MR) is 73.3 cm³/mol. The number of oxazole rings is 1. The van der Waals surface area contributed by atoms with Gasteiger partial charge < -0.3 is 14.8 Å². The molecule has 0 bridgehead atoms. The fourth-order valence-corrected chi connectivity index (χ4v) is 1.64. The Kier molecular flexibility index (Phi) is 4.45. The van der Waals surface area contributed by atoms with Gasteiger partial charge in [-0.05, 0) is 19.1 Å². The van der Waals surface area contributed by atoms with Gasteiger partial charge in [0.2, 0.25) is 5.89 Å². The van der Waals surface area contributed by atoms with Gasteiger partial charge in [0.25, 0.3) is 5.91 Å². The van der Waals surface area contributed by atoms with Crippen molar-refractivity contribution in [3.05, 3.63) is 53.5 Å². The summed E-state index contributed by atoms with van der Waals surface area (Å²) in [5, 5.41) is 11.3. The summed E-state index contributed by atoms with van der Waals surface area (Å²) in [7, 11) is 0. The Hall–Kier alpha value is -2.96. The number of aromatic nitrogens is 2. The molecular formula is C14H13N3O4. The summed E-state index contributed by atoms with van der Waals surface area (Å²) in [6, 6.07) is 1.51. The number of nitrogens with one attached hydrogen (secondary N) is 1. The lowest BCUT2D eigenvalue weighted by molar-refractivity contribution is -0.131. The van der Waals surface area contributed by atoms with E-state index in [0.717, 1.165) is 6.08 Å². The van der Waals surface area contributed by atoms with Crippen LogP contribution in [-0.2, 0) is 11.3 Å². The van der Waals surface area contributed by atoms with Crippen LogP contribution in [0, 0.1) is 6.92 Å². The molecule has 21 heavy (non-hydrogen) atoms. The normalized spacial score (nSPS) is 10.7. The minimum atomic E-state index is -1.10. The standard InChI is InChI=1S/C14H13N3O4/c1-9-6-16-12(21-9)8-17-14(20)11-4-5-15-7-10(11)2-3-13(18)19/h2-7H,8H2,1H3,(H,17,20)(H,18,19)/b3-2+. The van der Waals surface area contributed by atoms with Gasteiger partial charge in [-0.1, -0.05) is 0 Å². The quantitative estimate of drug-likeness (QED) is 0.805. The van der Waals surface area contributed by atoms with E-state index in [-0.39, 0.29) is 12.5 Å². The topological polar surface area (TPSA) is 105 Å². The first kappa shape index (κ1) is 14.4. The molecule has 7 nitrogen and oxygen atoms in total. The number of carbonyl (C=O) groups is 2. The monoisotopic (exact) mass is 287 g/mol. The van der Waals surface area contributed by atoms with Gasteiger partial charge in [0.1, 0.15) is 5.76 Å². The highest BCUT2D eigenvalue weighted by atomic mass is 16.4. The summed E-state index contributed by atoms with van der Waals surface area (Å²) in [5.41, 5.74) is 0.742. The van der Waals surface area contributed by atoms with E-state index in [4.69, 9.17) is 9.52 Å². The van der Waals surface area contributed by atoms with Gasteiger partial charge in [-0.25, -0.2) is 9.78 Å². The lowest BCUT2D eigenvalue weighted by atomic mass is 10.1. The molecule has 0 atom stereocenters. The molecule has 2 aromatic rings. The van der Waals surface area contributed by atoms with Gasteiger partial charge in [0.05, 0.1) is 12.7 Å². The van der Waals surface area contributed by atoms with E-state index in [2.05, 4.69) is 15.3 Å². The zero-order valence-corrected chi connectivity index (χ0v) is 11.2. The number of hydrogen-bond donors (Lipinski definition) is 2. The van der Waals surface area contributed by atoms with Crippen molar-refractivity contribution in [3.63, 3.8) is 0 Å². The van der Waals surface area contributed by atoms with Crippen LogP contribution < -0.4 is 5.32 Å². The van der Waals surface area contributed by atoms with E-state index < -0.39 is 5.97 Å². The van der Waals surface area contributed by atoms with Crippen molar-refractivity contribution < 1.29 is 19.1 Å². The summed E-state index contributed by atoms with van der Waals surface area (Å²) in [6.07, 6.45) is 6.71. The van der Waals surface area contributed by atoms with Crippen LogP contribution in [0.3, 0.4) is 0 Å². The van der Waals surface area contributed by atoms with E-state index >= 15 is 0 Å². The maximum atomic E-state index is 12.1. The molecule has 108 valence electrons. The number of carbonyl (C=O) groups excluding carboxylic acids is 1. The fourth-order valence-electron chi connectivity index (χ4n) is 1.64. The van der Waals surface area contributed by atoms with E-state index in [0.29, 0.717) is 22.8 Å². The zero-order chi connectivity index (χ0) is 15.2. The summed E-state index contributed by atoms with van der Waals surface area (Å²) in [5.74, 6) is -0.399. The SMILES string of the molecule is Cc1cnc(CNC(=O)c2ccncc2/C=C/C(=O)O)o1. The number of rotatable bonds is 5. The van der Waals surface area contributed by atoms with E-state index in [1.165, 1.54) is 24.5 Å². The van der Waals surface area contributed by atoms with Crippen molar-refractivity contribution in [3.8, 4) is 0 Å². The van der Waals surface area contributed by atoms with Crippen molar-refractivity contribution in [2.24, 2.45) is 0 Å². The Balaban J connectivity index is 2.10. The first-order valence-corrected chi connectivity index (χ1v) is 6.11. The number of carboxylic acids is 1. The average Bonchev–Trinajstić information content (AvgIpc) is 2.88. The van der Waals surface area contributed by atoms with Crippen molar-refractivity contribution in [2.45, 2.75) is 13.5 Å². The number of hydrogen-bond acceptors (Lipinski definition) is 5. The molecule has 0 radical (unpaired) electrons. The lowest BCUT2D eigenvalue weighted by Crippen LogP contribution is -2.23. The van der Waals surface area contributed by atoms with Crippen LogP contribution in [0.2, 0.25) is 0 Å². The minimum absolute atomic E-state index is 0.150. The molecule has 0 aliphatic heterocycles. The Morgan fingerprint density at radius 3 is 2.90 bits per heavy atom. The summed E-state index contributed by atoms with van der Waals surface area (Å²) in [4.78, 5) is 30.5. The molecule has 0 saturated carbocycles. The van der Waals surface area contributed by atoms with Gasteiger partial charge in [-0.15, -0.1) is 0 Å². The van der Waals surface area contributed by atoms with Gasteiger partial charge in [0, 0.05) is 29.6 Å². The van der Waals surface area contributed by atoms with Crippen LogP contribution in [0.15, 0.2) is 35.2 Å². The highest BCUT2D eigenvalue weighted by Gasteiger charge is 2.11. The first-order chi connectivity index (χ1) is 10.1. The predicted octanol–water partition coefficient (Wildman–Crippen LogP) is 1.41. The molecule has 0 spiro atoms. The van der Waals surface area contributed by atoms with Crippen LogP contribution in [0.4, 0.5) is 0 Å². The van der Waals surface area contributed by atoms with Crippen molar-refractivity contribution in [1.82, 2.24) is 15.3 Å². The van der Waals surface area contributed by atoms with Gasteiger partial charge in [-0.2, -0.15) is 0 Å². The second kappa shape index (κ2) is 6.47. The largest absolute Gasteiger partial charge is 0.478 e. The molecular weight excluding hydrogens is 274 g/mol. The van der Waals surface area contributed by atoms with E-state index in [1.807, 2.05) is 0 Å². The van der Waals surface area contributed by atoms with E-state index in [1.54, 1.807) is 13.1 Å². The van der Waals surface area contributed by atoms with Gasteiger partial charge in [-0.3, -0.25) is 9.78 Å². The first-order valence-electron chi connectivity index (χ1n) is 6.11. The van der Waals surface area contributed by atoms with Crippen molar-refractivity contribution >= 4 is 18.0 Å². The second-order valence-corrected chi connectivity index (χ2v) is 4.18. The van der Waals surface area contributed by atoms with Crippen LogP contribution in [0.1, 0.15) is 27.6 Å². The van der Waals surface area contributed by atoms with E-state index in [9.17, 15) is 9.59 Å². The third-order valence-corrected chi connectivity index (χ3v) is 2.57. The molecule has 2 heterocycles. The number of aryl methyl sites for hydroxylation is 1. The Labute approximate surface area is 120 Å². The lowest BCUT2D eigenvalue weighted by Gasteiger charge is -2.05. The number of amides is 1. The van der Waals surface area contributed by atoms with Crippen molar-refractivity contribution in [1.29, 1.82) is 0 Å². The number of aliphatic carboxylic acids is 1. The molecule has 2 N–H and O–H groups in total. The zero-order valence-electron chi connectivity index (χ0n) is 11.2. The molecule has 0 aliphatic rings. The third-order valence-electron chi connectivity index (χ3n) is 2.57. The van der Waals surface area contributed by atoms with Crippen LogP contribution in [0.25, 0.3) is 6.08 Å². The second-order valence-electron chi connectivity index (χ2n) is 4.18. The Bertz CT molecular complexity index is 691. The van der Waals surface area contributed by atoms with Gasteiger partial charge in [0.15, 0.2) is 0 Å². The van der Waals surface area contributed by atoms with Crippen molar-refractivity contribution in [2.75, 3.05) is 0 Å². The molecule has 0 saturated heterocycles. The Morgan fingerprint density at radius 2 is 2.24 bits per heavy atom. The summed E-state index contributed by atoms with van der Waals surface area (Å²) in [6.45, 7) is 1.91. The highest BCUT2D eigenvalue weighted by molar-refractivity contribution is 5.98. The minimum Gasteiger partial charge on any atom is -0.478 e. The molecule has 2 aromatic heterocycles.